The number of amides is 1. The van der Waals surface area contributed by atoms with Crippen molar-refractivity contribution in [3.63, 3.8) is 0 Å². The van der Waals surface area contributed by atoms with Gasteiger partial charge in [0.2, 0.25) is 6.79 Å². The van der Waals surface area contributed by atoms with Gasteiger partial charge in [0.25, 0.3) is 5.91 Å². The van der Waals surface area contributed by atoms with E-state index in [1.165, 1.54) is 7.11 Å². The summed E-state index contributed by atoms with van der Waals surface area (Å²) in [6.07, 6.45) is -0.780. The van der Waals surface area contributed by atoms with Crippen molar-refractivity contribution in [1.29, 1.82) is 0 Å². The van der Waals surface area contributed by atoms with E-state index in [1.807, 2.05) is 6.07 Å². The van der Waals surface area contributed by atoms with Crippen LogP contribution in [0.5, 0.6) is 11.5 Å². The molecule has 0 spiro atoms. The van der Waals surface area contributed by atoms with Crippen LogP contribution in [-0.2, 0) is 25.6 Å². The molecule has 4 atom stereocenters. The Morgan fingerprint density at radius 3 is 2.64 bits per heavy atom. The van der Waals surface area contributed by atoms with Crippen LogP contribution in [0.2, 0.25) is 0 Å². The minimum atomic E-state index is -1.07. The summed E-state index contributed by atoms with van der Waals surface area (Å²) >= 11 is 0. The first-order chi connectivity index (χ1) is 17.4. The molecule has 9 heteroatoms. The van der Waals surface area contributed by atoms with Gasteiger partial charge < -0.3 is 23.8 Å². The largest absolute Gasteiger partial charge is 0.483 e. The Balaban J connectivity index is 1.40. The molecule has 0 aromatic heterocycles. The second-order valence-corrected chi connectivity index (χ2v) is 9.42. The van der Waals surface area contributed by atoms with Crippen molar-refractivity contribution in [1.82, 2.24) is 4.90 Å². The number of ketones is 1. The van der Waals surface area contributed by atoms with Gasteiger partial charge in [-0.2, -0.15) is 0 Å². The number of fused-ring (bicyclic) bond motifs is 2. The Morgan fingerprint density at radius 1 is 1.08 bits per heavy atom. The van der Waals surface area contributed by atoms with Crippen molar-refractivity contribution < 1.29 is 37.7 Å². The first-order valence-corrected chi connectivity index (χ1v) is 11.9. The SMILES string of the molecule is COC(=O)c1ccc(C2C3=C(OC4CCC(F)CC4C3=O)C(=O)N2Cc2ccc3c(c2)OCO3)cc1. The molecule has 3 aliphatic heterocycles. The maximum absolute atomic E-state index is 14.2. The summed E-state index contributed by atoms with van der Waals surface area (Å²) in [6.45, 7) is 0.316. The molecule has 36 heavy (non-hydrogen) atoms. The number of alkyl halides is 1. The van der Waals surface area contributed by atoms with Gasteiger partial charge in [-0.15, -0.1) is 0 Å². The third-order valence-corrected chi connectivity index (χ3v) is 7.32. The van der Waals surface area contributed by atoms with E-state index in [0.717, 1.165) is 5.56 Å². The average molecular weight is 493 g/mol. The van der Waals surface area contributed by atoms with Crippen LogP contribution >= 0.6 is 0 Å². The van der Waals surface area contributed by atoms with Crippen LogP contribution in [0.1, 0.15) is 46.8 Å². The second-order valence-electron chi connectivity index (χ2n) is 9.42. The lowest BCUT2D eigenvalue weighted by Gasteiger charge is -2.36. The molecule has 6 rings (SSSR count). The number of benzene rings is 2. The monoisotopic (exact) mass is 493 g/mol. The Kier molecular flexibility index (Phi) is 5.43. The third-order valence-electron chi connectivity index (χ3n) is 7.32. The van der Waals surface area contributed by atoms with E-state index in [4.69, 9.17) is 18.9 Å². The average Bonchev–Trinajstić information content (AvgIpc) is 3.47. The fourth-order valence-electron chi connectivity index (χ4n) is 5.53. The molecule has 1 fully saturated rings. The molecule has 0 N–H and O–H groups in total. The lowest BCUT2D eigenvalue weighted by Crippen LogP contribution is -2.42. The molecule has 4 aliphatic rings. The number of hydrogen-bond donors (Lipinski definition) is 0. The summed E-state index contributed by atoms with van der Waals surface area (Å²) in [7, 11) is 1.30. The number of esters is 1. The first kappa shape index (κ1) is 22.6. The minimum Gasteiger partial charge on any atom is -0.483 e. The maximum Gasteiger partial charge on any atom is 0.337 e. The van der Waals surface area contributed by atoms with Gasteiger partial charge >= 0.3 is 5.97 Å². The summed E-state index contributed by atoms with van der Waals surface area (Å²) in [5.74, 6) is -0.488. The standard InChI is InChI=1S/C27H24FNO7/c1-33-27(32)16-5-3-15(4-6-16)23-22-24(30)18-11-17(28)7-9-19(18)36-25(22)26(31)29(23)12-14-2-8-20-21(10-14)35-13-34-20/h2-6,8,10,17-19,23H,7,9,11-13H2,1H3. The predicted molar refractivity (Wildman–Crippen MR) is 123 cm³/mol. The summed E-state index contributed by atoms with van der Waals surface area (Å²) < 4.78 is 36.0. The smallest absolute Gasteiger partial charge is 0.337 e. The van der Waals surface area contributed by atoms with Gasteiger partial charge in [-0.3, -0.25) is 9.59 Å². The molecule has 2 aromatic carbocycles. The zero-order valence-electron chi connectivity index (χ0n) is 19.6. The van der Waals surface area contributed by atoms with Crippen molar-refractivity contribution in [2.75, 3.05) is 13.9 Å². The van der Waals surface area contributed by atoms with Gasteiger partial charge in [0, 0.05) is 6.54 Å². The fourth-order valence-corrected chi connectivity index (χ4v) is 5.53. The molecule has 8 nitrogen and oxygen atoms in total. The van der Waals surface area contributed by atoms with Crippen molar-refractivity contribution in [3.05, 3.63) is 70.5 Å². The molecular formula is C27H24FNO7. The number of halogens is 1. The van der Waals surface area contributed by atoms with E-state index in [9.17, 15) is 18.8 Å². The van der Waals surface area contributed by atoms with E-state index in [0.29, 0.717) is 35.5 Å². The van der Waals surface area contributed by atoms with Gasteiger partial charge in [-0.05, 0) is 54.7 Å². The van der Waals surface area contributed by atoms with Crippen LogP contribution in [0.25, 0.3) is 0 Å². The Hall–Kier alpha value is -3.88. The second kappa shape index (κ2) is 8.65. The van der Waals surface area contributed by atoms with E-state index in [-0.39, 0.29) is 42.8 Å². The highest BCUT2D eigenvalue weighted by molar-refractivity contribution is 6.11. The van der Waals surface area contributed by atoms with Crippen LogP contribution in [-0.4, -0.2) is 48.7 Å². The number of rotatable bonds is 4. The van der Waals surface area contributed by atoms with Crippen molar-refractivity contribution in [2.45, 2.75) is 44.1 Å². The molecule has 1 aliphatic carbocycles. The molecule has 0 radical (unpaired) electrons. The quantitative estimate of drug-likeness (QED) is 0.601. The van der Waals surface area contributed by atoms with E-state index >= 15 is 0 Å². The van der Waals surface area contributed by atoms with Crippen LogP contribution < -0.4 is 9.47 Å². The predicted octanol–water partition coefficient (Wildman–Crippen LogP) is 3.65. The van der Waals surface area contributed by atoms with Crippen molar-refractivity contribution in [2.24, 2.45) is 5.92 Å². The number of carbonyl (C=O) groups excluding carboxylic acids is 3. The van der Waals surface area contributed by atoms with Gasteiger partial charge in [-0.1, -0.05) is 18.2 Å². The number of carbonyl (C=O) groups is 3. The van der Waals surface area contributed by atoms with Crippen molar-refractivity contribution in [3.8, 4) is 11.5 Å². The molecule has 0 bridgehead atoms. The van der Waals surface area contributed by atoms with Crippen LogP contribution in [0.4, 0.5) is 4.39 Å². The third kappa shape index (κ3) is 3.61. The fraction of sp³-hybridized carbons (Fsp3) is 0.370. The normalized spacial score (nSPS) is 26.4. The molecule has 2 aromatic rings. The highest BCUT2D eigenvalue weighted by atomic mass is 19.1. The van der Waals surface area contributed by atoms with E-state index in [1.54, 1.807) is 41.3 Å². The molecular weight excluding hydrogens is 469 g/mol. The van der Waals surface area contributed by atoms with Crippen LogP contribution in [0.15, 0.2) is 53.8 Å². The number of hydrogen-bond acceptors (Lipinski definition) is 7. The summed E-state index contributed by atoms with van der Waals surface area (Å²) in [5.41, 5.74) is 2.03. The maximum atomic E-state index is 14.2. The Morgan fingerprint density at radius 2 is 1.86 bits per heavy atom. The number of nitrogens with zero attached hydrogens (tertiary/aromatic N) is 1. The molecule has 4 unspecified atom stereocenters. The number of ether oxygens (including phenoxy) is 4. The van der Waals surface area contributed by atoms with Gasteiger partial charge in [0.15, 0.2) is 23.0 Å². The number of Topliss-reactive ketones (excluding diaryl/α,β-unsaturated/α-hetero) is 1. The minimum absolute atomic E-state index is 0.0429. The first-order valence-electron chi connectivity index (χ1n) is 11.9. The molecule has 186 valence electrons. The van der Waals surface area contributed by atoms with Gasteiger partial charge in [0.05, 0.1) is 30.2 Å². The topological polar surface area (TPSA) is 91.4 Å². The molecule has 3 heterocycles. The summed E-state index contributed by atoms with van der Waals surface area (Å²) in [6, 6.07) is 11.3. The Labute approximate surface area is 206 Å². The van der Waals surface area contributed by atoms with Crippen LogP contribution in [0.3, 0.4) is 0 Å². The lowest BCUT2D eigenvalue weighted by atomic mass is 9.77. The molecule has 1 amide bonds. The number of methoxy groups -OCH3 is 1. The summed E-state index contributed by atoms with van der Waals surface area (Å²) in [5, 5.41) is 0. The molecule has 1 saturated carbocycles. The zero-order chi connectivity index (χ0) is 25.0. The lowest BCUT2D eigenvalue weighted by molar-refractivity contribution is -0.136. The van der Waals surface area contributed by atoms with Gasteiger partial charge in [0.1, 0.15) is 12.3 Å². The Bertz CT molecular complexity index is 1290. The molecule has 0 saturated heterocycles. The van der Waals surface area contributed by atoms with Gasteiger partial charge in [-0.25, -0.2) is 9.18 Å². The van der Waals surface area contributed by atoms with E-state index in [2.05, 4.69) is 0 Å². The zero-order valence-corrected chi connectivity index (χ0v) is 19.6. The van der Waals surface area contributed by atoms with E-state index < -0.39 is 30.2 Å². The van der Waals surface area contributed by atoms with Crippen LogP contribution in [0, 0.1) is 5.92 Å². The summed E-state index contributed by atoms with van der Waals surface area (Å²) in [4.78, 5) is 40.9. The highest BCUT2D eigenvalue weighted by Crippen LogP contribution is 2.48. The van der Waals surface area contributed by atoms with Crippen molar-refractivity contribution >= 4 is 17.7 Å². The highest BCUT2D eigenvalue weighted by Gasteiger charge is 2.53.